The topological polar surface area (TPSA) is 0 Å². The first-order valence-corrected chi connectivity index (χ1v) is 9.06. The van der Waals surface area contributed by atoms with Gasteiger partial charge >= 0.3 is 0 Å². The Bertz CT molecular complexity index is 136. The molecule has 80 valence electrons. The van der Waals surface area contributed by atoms with Crippen molar-refractivity contribution in [2.45, 2.75) is 59.2 Å². The van der Waals surface area contributed by atoms with Gasteiger partial charge in [-0.1, -0.05) is 48.1 Å². The first-order chi connectivity index (χ1) is 5.71. The van der Waals surface area contributed by atoms with Gasteiger partial charge in [-0.2, -0.15) is 11.1 Å². The Morgan fingerprint density at radius 3 is 1.15 bits per heavy atom. The van der Waals surface area contributed by atoms with E-state index in [0.29, 0.717) is 11.1 Å². The Morgan fingerprint density at radius 2 is 1.00 bits per heavy atom. The van der Waals surface area contributed by atoms with E-state index in [2.05, 4.69) is 48.1 Å². The van der Waals surface area contributed by atoms with Gasteiger partial charge in [0.2, 0.25) is 0 Å². The quantitative estimate of drug-likeness (QED) is 0.468. The Morgan fingerprint density at radius 1 is 0.769 bits per heavy atom. The van der Waals surface area contributed by atoms with E-state index < -0.39 is 7.38 Å². The maximum Gasteiger partial charge on any atom is 0.159 e. The summed E-state index contributed by atoms with van der Waals surface area (Å²) in [7, 11) is -1.56. The summed E-state index contributed by atoms with van der Waals surface area (Å²) in [6, 6.07) is 0. The molecule has 0 aliphatic carbocycles. The molecule has 0 fully saturated rings. The predicted molar refractivity (Wildman–Crippen MR) is 66.0 cm³/mol. The van der Waals surface area contributed by atoms with Crippen LogP contribution in [0.25, 0.3) is 0 Å². The number of halogens is 1. The lowest BCUT2D eigenvalue weighted by Crippen LogP contribution is -2.37. The minimum Gasteiger partial charge on any atom is -0.167 e. The molecular weight excluding hydrogens is 196 g/mol. The maximum atomic E-state index is 6.77. The molecule has 0 N–H and O–H groups in total. The van der Waals surface area contributed by atoms with E-state index in [4.69, 9.17) is 11.1 Å². The van der Waals surface area contributed by atoms with Gasteiger partial charge in [0.1, 0.15) is 0 Å². The highest BCUT2D eigenvalue weighted by molar-refractivity contribution is 7.21. The second-order valence-corrected chi connectivity index (χ2v) is 11.8. The van der Waals surface area contributed by atoms with Crippen LogP contribution in [0.1, 0.15) is 41.5 Å². The number of hydrogen-bond acceptors (Lipinski definition) is 0. The van der Waals surface area contributed by atoms with Gasteiger partial charge in [0, 0.05) is 0 Å². The predicted octanol–water partition coefficient (Wildman–Crippen LogP) is 4.89. The van der Waals surface area contributed by atoms with Gasteiger partial charge in [-0.05, 0) is 22.9 Å². The zero-order chi connectivity index (χ0) is 10.8. The molecule has 0 heterocycles. The van der Waals surface area contributed by atoms with Gasteiger partial charge in [-0.25, -0.2) is 0 Å². The summed E-state index contributed by atoms with van der Waals surface area (Å²) in [5.41, 5.74) is 1.40. The molecule has 0 aliphatic heterocycles. The Kier molecular flexibility index (Phi) is 5.02. The second kappa shape index (κ2) is 4.84. The normalized spacial score (nSPS) is 21.7. The third kappa shape index (κ3) is 3.28. The number of hydrogen-bond donors (Lipinski definition) is 0. The van der Waals surface area contributed by atoms with Crippen molar-refractivity contribution in [3.8, 4) is 0 Å². The van der Waals surface area contributed by atoms with Crippen molar-refractivity contribution in [1.82, 2.24) is 0 Å². The van der Waals surface area contributed by atoms with Crippen molar-refractivity contribution in [1.29, 1.82) is 0 Å². The van der Waals surface area contributed by atoms with Gasteiger partial charge in [0.05, 0.1) is 0 Å². The van der Waals surface area contributed by atoms with E-state index in [-0.39, 0.29) is 0 Å². The molecule has 0 aromatic carbocycles. The average Bonchev–Trinajstić information content (AvgIpc) is 2.01. The van der Waals surface area contributed by atoms with Crippen LogP contribution in [0.3, 0.4) is 0 Å². The fourth-order valence-electron chi connectivity index (χ4n) is 1.72. The summed E-state index contributed by atoms with van der Waals surface area (Å²) >= 11 is 6.77. The van der Waals surface area contributed by atoms with Crippen LogP contribution < -0.4 is 0 Å². The highest BCUT2D eigenvalue weighted by atomic mass is 35.6. The molecule has 0 rings (SSSR count). The molecule has 0 nitrogen and oxygen atoms in total. The van der Waals surface area contributed by atoms with Crippen LogP contribution in [0.2, 0.25) is 17.6 Å². The van der Waals surface area contributed by atoms with Crippen LogP contribution in [0.15, 0.2) is 0 Å². The van der Waals surface area contributed by atoms with Crippen LogP contribution in [0.4, 0.5) is 0 Å². The van der Waals surface area contributed by atoms with Crippen LogP contribution in [0.5, 0.6) is 0 Å². The van der Waals surface area contributed by atoms with Crippen molar-refractivity contribution in [2.75, 3.05) is 0 Å². The number of rotatable bonds is 4. The summed E-state index contributed by atoms with van der Waals surface area (Å²) in [4.78, 5) is 0. The third-order valence-corrected chi connectivity index (χ3v) is 10.7. The van der Waals surface area contributed by atoms with E-state index in [0.717, 1.165) is 11.8 Å². The fourth-order valence-corrected chi connectivity index (χ4v) is 6.67. The van der Waals surface area contributed by atoms with E-state index in [1.165, 1.54) is 0 Å². The molecule has 0 aromatic heterocycles. The molecule has 0 aliphatic rings. The lowest BCUT2D eigenvalue weighted by Gasteiger charge is -2.37. The molecule has 0 saturated heterocycles. The second-order valence-electron chi connectivity index (χ2n) is 5.22. The first kappa shape index (κ1) is 13.5. The first-order valence-electron chi connectivity index (χ1n) is 5.40. The molecule has 0 bridgehead atoms. The summed E-state index contributed by atoms with van der Waals surface area (Å²) in [6.45, 7) is 16.1. The summed E-state index contributed by atoms with van der Waals surface area (Å²) in [5.74, 6) is 1.44. The molecule has 0 amide bonds. The highest BCUT2D eigenvalue weighted by Gasteiger charge is 2.40. The van der Waals surface area contributed by atoms with Crippen LogP contribution in [0, 0.1) is 11.8 Å². The van der Waals surface area contributed by atoms with Crippen LogP contribution in [-0.4, -0.2) is 7.38 Å². The van der Waals surface area contributed by atoms with E-state index in [9.17, 15) is 0 Å². The Hall–Kier alpha value is 0.507. The molecule has 2 unspecified atom stereocenters. The average molecular weight is 221 g/mol. The Balaban J connectivity index is 4.54. The minimum atomic E-state index is -1.56. The standard InChI is InChI=1S/C11H25ClSi/c1-8(2)10(5)13(7,12)11(6)9(3)4/h8-11H,1-7H3. The fraction of sp³-hybridized carbons (Fsp3) is 1.00. The molecule has 0 radical (unpaired) electrons. The molecule has 0 saturated carbocycles. The van der Waals surface area contributed by atoms with Gasteiger partial charge < -0.3 is 0 Å². The minimum absolute atomic E-state index is 0.701. The van der Waals surface area contributed by atoms with Crippen molar-refractivity contribution < 1.29 is 0 Å². The molecule has 13 heavy (non-hydrogen) atoms. The van der Waals surface area contributed by atoms with Crippen molar-refractivity contribution in [3.63, 3.8) is 0 Å². The SMILES string of the molecule is CC(C)C(C)[Si](C)(Cl)C(C)C(C)C. The van der Waals surface area contributed by atoms with Gasteiger partial charge in [0.15, 0.2) is 7.38 Å². The maximum absolute atomic E-state index is 6.77. The van der Waals surface area contributed by atoms with Crippen molar-refractivity contribution in [3.05, 3.63) is 0 Å². The summed E-state index contributed by atoms with van der Waals surface area (Å²) < 4.78 is 0. The summed E-state index contributed by atoms with van der Waals surface area (Å²) in [6.07, 6.45) is 0. The molecule has 2 heteroatoms. The zero-order valence-corrected chi connectivity index (χ0v) is 11.9. The summed E-state index contributed by atoms with van der Waals surface area (Å²) in [5, 5.41) is 0. The molecule has 0 aromatic rings. The molecular formula is C11H25ClSi. The smallest absolute Gasteiger partial charge is 0.159 e. The lowest BCUT2D eigenvalue weighted by atomic mass is 10.1. The van der Waals surface area contributed by atoms with Crippen molar-refractivity contribution in [2.24, 2.45) is 11.8 Å². The van der Waals surface area contributed by atoms with Crippen LogP contribution in [-0.2, 0) is 0 Å². The monoisotopic (exact) mass is 220 g/mol. The van der Waals surface area contributed by atoms with Gasteiger partial charge in [-0.3, -0.25) is 0 Å². The highest BCUT2D eigenvalue weighted by Crippen LogP contribution is 2.43. The van der Waals surface area contributed by atoms with E-state index >= 15 is 0 Å². The van der Waals surface area contributed by atoms with Crippen LogP contribution >= 0.6 is 11.1 Å². The van der Waals surface area contributed by atoms with Gasteiger partial charge in [0.25, 0.3) is 0 Å². The lowest BCUT2D eigenvalue weighted by molar-refractivity contribution is 0.559. The van der Waals surface area contributed by atoms with E-state index in [1.54, 1.807) is 0 Å². The van der Waals surface area contributed by atoms with E-state index in [1.807, 2.05) is 0 Å². The molecule has 2 atom stereocenters. The zero-order valence-electron chi connectivity index (χ0n) is 10.2. The largest absolute Gasteiger partial charge is 0.167 e. The molecule has 0 spiro atoms. The van der Waals surface area contributed by atoms with Crippen molar-refractivity contribution >= 4 is 18.5 Å². The third-order valence-electron chi connectivity index (χ3n) is 3.78. The Labute approximate surface area is 89.8 Å². The van der Waals surface area contributed by atoms with Gasteiger partial charge in [-0.15, -0.1) is 0 Å².